The highest BCUT2D eigenvalue weighted by Crippen LogP contribution is 2.60. The number of fused-ring (bicyclic) bond motifs is 1. The van der Waals surface area contributed by atoms with E-state index in [0.29, 0.717) is 37.5 Å². The second kappa shape index (κ2) is 16.9. The van der Waals surface area contributed by atoms with Crippen molar-refractivity contribution in [1.82, 2.24) is 25.5 Å². The highest BCUT2D eigenvalue weighted by atomic mass is 32.2. The maximum atomic E-state index is 12.2. The van der Waals surface area contributed by atoms with Crippen LogP contribution >= 0.6 is 27.4 Å². The van der Waals surface area contributed by atoms with Gasteiger partial charge >= 0.3 is 33.3 Å². The van der Waals surface area contributed by atoms with Gasteiger partial charge in [-0.2, -0.15) is 16.1 Å². The molecular weight excluding hydrogens is 704 g/mol. The first-order valence-corrected chi connectivity index (χ1v) is 19.2. The number of H-pyrrole nitrogens is 1. The van der Waals surface area contributed by atoms with Crippen molar-refractivity contribution in [2.45, 2.75) is 93.2 Å². The Morgan fingerprint density at radius 1 is 1.02 bits per heavy atom. The number of unbranched alkanes of at least 4 members (excludes halogenated alkanes) is 3. The molecule has 1 aromatic rings. The maximum Gasteiger partial charge on any atom is 0.538 e. The standard InChI is InChI=1S/C25H39N5O15P2S/c31-17(7-4-3-6-16-20-14(13-48-16)27-24(36)29-20)26-10-5-1-2-8-19(33)44-47(40,41)45-46(38,39)42-12-15-21(34)22(35)23(43-15)30-11-9-18(32)28-25(30)37/h9,11,14-16,20-23,34-35H,1-8,10,12-13H2,(H,26,31)(H,38,39)(H,40,41)(H2,27,29,36)(H,28,32,37). The first kappa shape index (κ1) is 38.2. The van der Waals surface area contributed by atoms with E-state index >= 15 is 0 Å². The molecule has 8 N–H and O–H groups in total. The third-order valence-electron chi connectivity index (χ3n) is 7.75. The van der Waals surface area contributed by atoms with Crippen LogP contribution in [0.1, 0.15) is 57.6 Å². The van der Waals surface area contributed by atoms with Crippen LogP contribution in [0.2, 0.25) is 0 Å². The number of thioether (sulfide) groups is 1. The lowest BCUT2D eigenvalue weighted by atomic mass is 10.0. The molecule has 3 fully saturated rings. The molecule has 9 unspecified atom stereocenters. The predicted octanol–water partition coefficient (Wildman–Crippen LogP) is -0.665. The van der Waals surface area contributed by atoms with Crippen molar-refractivity contribution in [1.29, 1.82) is 0 Å². The molecule has 3 saturated heterocycles. The minimum Gasteiger partial charge on any atom is -0.387 e. The number of hydrogen-bond donors (Lipinski definition) is 8. The van der Waals surface area contributed by atoms with E-state index in [2.05, 4.69) is 29.3 Å². The number of amides is 3. The Hall–Kier alpha value is -2.58. The predicted molar refractivity (Wildman–Crippen MR) is 165 cm³/mol. The zero-order valence-electron chi connectivity index (χ0n) is 25.5. The smallest absolute Gasteiger partial charge is 0.387 e. The number of aliphatic hydroxyl groups is 2. The first-order valence-electron chi connectivity index (χ1n) is 15.2. The fourth-order valence-electron chi connectivity index (χ4n) is 5.40. The van der Waals surface area contributed by atoms with E-state index in [0.717, 1.165) is 35.4 Å². The lowest BCUT2D eigenvalue weighted by Crippen LogP contribution is -2.37. The lowest BCUT2D eigenvalue weighted by molar-refractivity contribution is -0.135. The van der Waals surface area contributed by atoms with Gasteiger partial charge in [-0.05, 0) is 25.7 Å². The molecular formula is C25H39N5O15P2S. The number of phosphoric ester groups is 2. The summed E-state index contributed by atoms with van der Waals surface area (Å²) in [6.45, 7) is -0.608. The molecule has 0 aliphatic carbocycles. The van der Waals surface area contributed by atoms with Gasteiger partial charge in [0.2, 0.25) is 5.91 Å². The van der Waals surface area contributed by atoms with Gasteiger partial charge in [0.05, 0.1) is 18.7 Å². The molecule has 0 spiro atoms. The molecule has 20 nitrogen and oxygen atoms in total. The van der Waals surface area contributed by atoms with Crippen LogP contribution in [0.3, 0.4) is 0 Å². The Kier molecular flexibility index (Phi) is 13.4. The van der Waals surface area contributed by atoms with Gasteiger partial charge in [-0.15, -0.1) is 0 Å². The molecule has 270 valence electrons. The SMILES string of the molecule is O=C(CCCCC1SCC2NC(=O)NC21)NCCCCCC(=O)OP(=O)(O)OP(=O)(O)OCC1OC(n2ccc(=O)[nH]c2=O)C(O)C1O. The van der Waals surface area contributed by atoms with E-state index in [1.165, 1.54) is 0 Å². The molecule has 1 aromatic heterocycles. The van der Waals surface area contributed by atoms with Crippen molar-refractivity contribution in [3.8, 4) is 0 Å². The molecule has 4 rings (SSSR count). The number of aromatic amines is 1. The summed E-state index contributed by atoms with van der Waals surface area (Å²) in [6, 6.07) is 1.12. The van der Waals surface area contributed by atoms with Gasteiger partial charge in [-0.3, -0.25) is 33.4 Å². The molecule has 48 heavy (non-hydrogen) atoms. The number of aliphatic hydroxyl groups excluding tert-OH is 2. The zero-order valence-corrected chi connectivity index (χ0v) is 28.1. The van der Waals surface area contributed by atoms with Crippen LogP contribution in [0, 0.1) is 0 Å². The van der Waals surface area contributed by atoms with Gasteiger partial charge in [-0.25, -0.2) is 18.7 Å². The Balaban J connectivity index is 1.06. The third-order valence-corrected chi connectivity index (χ3v) is 11.8. The van der Waals surface area contributed by atoms with Crippen molar-refractivity contribution in [2.24, 2.45) is 0 Å². The first-order chi connectivity index (χ1) is 22.6. The van der Waals surface area contributed by atoms with E-state index in [-0.39, 0.29) is 36.9 Å². The highest BCUT2D eigenvalue weighted by molar-refractivity contribution is 8.00. The number of rotatable bonds is 18. The van der Waals surface area contributed by atoms with Crippen LogP contribution in [0.4, 0.5) is 4.79 Å². The van der Waals surface area contributed by atoms with Gasteiger partial charge in [0.1, 0.15) is 18.3 Å². The highest BCUT2D eigenvalue weighted by Gasteiger charge is 2.46. The molecule has 9 atom stereocenters. The Labute approximate surface area is 277 Å². The molecule has 3 aliphatic rings. The maximum absolute atomic E-state index is 12.2. The van der Waals surface area contributed by atoms with Crippen LogP contribution < -0.4 is 27.2 Å². The number of phosphoric acid groups is 2. The average Bonchev–Trinajstić information content (AvgIpc) is 3.63. The normalized spacial score (nSPS) is 28.9. The number of carbonyl (C=O) groups excluding carboxylic acids is 3. The van der Waals surface area contributed by atoms with E-state index in [1.54, 1.807) is 0 Å². The van der Waals surface area contributed by atoms with Crippen molar-refractivity contribution >= 4 is 45.3 Å². The summed E-state index contributed by atoms with van der Waals surface area (Å²) in [5.74, 6) is -0.424. The van der Waals surface area contributed by atoms with E-state index in [1.807, 2.05) is 16.7 Å². The number of urea groups is 1. The summed E-state index contributed by atoms with van der Waals surface area (Å²) < 4.78 is 43.4. The van der Waals surface area contributed by atoms with Gasteiger partial charge in [0.25, 0.3) is 5.56 Å². The van der Waals surface area contributed by atoms with Gasteiger partial charge in [0, 0.05) is 42.7 Å². The quantitative estimate of drug-likeness (QED) is 0.0526. The number of carbonyl (C=O) groups is 3. The molecule has 3 aliphatic heterocycles. The number of nitrogens with zero attached hydrogens (tertiary/aromatic N) is 1. The number of hydrogen-bond acceptors (Lipinski definition) is 14. The van der Waals surface area contributed by atoms with Crippen molar-refractivity contribution in [3.63, 3.8) is 0 Å². The minimum absolute atomic E-state index is 0.106. The molecule has 0 radical (unpaired) electrons. The van der Waals surface area contributed by atoms with Gasteiger partial charge in [0.15, 0.2) is 6.23 Å². The summed E-state index contributed by atoms with van der Waals surface area (Å²) in [7, 11) is -10.8. The topological polar surface area (TPSA) is 294 Å². The van der Waals surface area contributed by atoms with Gasteiger partial charge in [-0.1, -0.05) is 12.8 Å². The molecule has 23 heteroatoms. The Morgan fingerprint density at radius 3 is 2.52 bits per heavy atom. The second-order valence-electron chi connectivity index (χ2n) is 11.4. The molecule has 3 amide bonds. The van der Waals surface area contributed by atoms with Crippen LogP contribution in [0.25, 0.3) is 0 Å². The Morgan fingerprint density at radius 2 is 1.77 bits per heavy atom. The monoisotopic (exact) mass is 743 g/mol. The summed E-state index contributed by atoms with van der Waals surface area (Å²) in [6.07, 6.45) is -1.84. The minimum atomic E-state index is -5.43. The van der Waals surface area contributed by atoms with Crippen LogP contribution in [0.15, 0.2) is 21.9 Å². The number of ether oxygens (including phenoxy) is 1. The molecule has 4 heterocycles. The van der Waals surface area contributed by atoms with Gasteiger partial charge < -0.3 is 40.3 Å². The number of aromatic nitrogens is 2. The summed E-state index contributed by atoms with van der Waals surface area (Å²) in [4.78, 5) is 80.3. The summed E-state index contributed by atoms with van der Waals surface area (Å²) in [5.41, 5.74) is -1.70. The average molecular weight is 744 g/mol. The number of nitrogens with one attached hydrogen (secondary N) is 4. The molecule has 0 bridgehead atoms. The van der Waals surface area contributed by atoms with Crippen molar-refractivity contribution in [2.75, 3.05) is 18.9 Å². The second-order valence-corrected chi connectivity index (χ2v) is 15.6. The van der Waals surface area contributed by atoms with Crippen molar-refractivity contribution in [3.05, 3.63) is 33.1 Å². The third kappa shape index (κ3) is 11.0. The molecule has 0 aromatic carbocycles. The van der Waals surface area contributed by atoms with Crippen molar-refractivity contribution < 1.29 is 61.6 Å². The fourth-order valence-corrected chi connectivity index (χ4v) is 8.99. The van der Waals surface area contributed by atoms with Crippen LogP contribution in [-0.2, 0) is 36.8 Å². The summed E-state index contributed by atoms with van der Waals surface area (Å²) in [5, 5.41) is 29.4. The lowest BCUT2D eigenvalue weighted by Gasteiger charge is -2.19. The summed E-state index contributed by atoms with van der Waals surface area (Å²) >= 11 is 1.82. The molecule has 0 saturated carbocycles. The van der Waals surface area contributed by atoms with Crippen LogP contribution in [-0.4, -0.2) is 102 Å². The van der Waals surface area contributed by atoms with E-state index in [9.17, 15) is 53.1 Å². The Bertz CT molecular complexity index is 1530. The zero-order chi connectivity index (χ0) is 35.1. The fraction of sp³-hybridized carbons (Fsp3) is 0.720. The van der Waals surface area contributed by atoms with Crippen LogP contribution in [0.5, 0.6) is 0 Å². The van der Waals surface area contributed by atoms with E-state index < -0.39 is 64.0 Å². The van der Waals surface area contributed by atoms with E-state index in [4.69, 9.17) is 4.74 Å². The largest absolute Gasteiger partial charge is 0.538 e.